The Morgan fingerprint density at radius 1 is 1.03 bits per heavy atom. The van der Waals surface area contributed by atoms with Gasteiger partial charge in [0.25, 0.3) is 0 Å². The van der Waals surface area contributed by atoms with E-state index in [1.54, 1.807) is 0 Å². The number of nitrogens with one attached hydrogen (secondary N) is 2. The molecule has 158 valence electrons. The highest BCUT2D eigenvalue weighted by Gasteiger charge is 2.21. The van der Waals surface area contributed by atoms with Crippen molar-refractivity contribution < 1.29 is 4.74 Å². The molecular formula is C23H33IN4O. The number of guanidine groups is 1. The molecule has 2 aromatic rings. The second-order valence-electron chi connectivity index (χ2n) is 7.53. The van der Waals surface area contributed by atoms with Crippen LogP contribution in [0.1, 0.15) is 32.3 Å². The molecule has 0 radical (unpaired) electrons. The van der Waals surface area contributed by atoms with E-state index in [1.165, 1.54) is 5.56 Å². The van der Waals surface area contributed by atoms with Gasteiger partial charge < -0.3 is 20.3 Å². The molecule has 0 saturated carbocycles. The molecule has 2 N–H and O–H groups in total. The Balaban J connectivity index is 0.00000300. The van der Waals surface area contributed by atoms with E-state index < -0.39 is 0 Å². The maximum absolute atomic E-state index is 5.85. The monoisotopic (exact) mass is 508 g/mol. The number of ether oxygens (including phenoxy) is 1. The molecule has 0 atom stereocenters. The van der Waals surface area contributed by atoms with Crippen molar-refractivity contribution in [2.75, 3.05) is 20.1 Å². The van der Waals surface area contributed by atoms with Crippen molar-refractivity contribution in [1.82, 2.24) is 15.5 Å². The fourth-order valence-corrected chi connectivity index (χ4v) is 3.43. The number of benzene rings is 2. The van der Waals surface area contributed by atoms with Gasteiger partial charge in [-0.05, 0) is 56.5 Å². The lowest BCUT2D eigenvalue weighted by atomic mass is 10.0. The van der Waals surface area contributed by atoms with Crippen molar-refractivity contribution in [2.45, 2.75) is 45.3 Å². The van der Waals surface area contributed by atoms with Gasteiger partial charge >= 0.3 is 0 Å². The van der Waals surface area contributed by atoms with Crippen LogP contribution in [0.15, 0.2) is 59.6 Å². The zero-order valence-electron chi connectivity index (χ0n) is 17.6. The molecule has 5 nitrogen and oxygen atoms in total. The Hall–Kier alpha value is -1.80. The summed E-state index contributed by atoms with van der Waals surface area (Å²) in [5, 5.41) is 6.99. The van der Waals surface area contributed by atoms with Crippen LogP contribution in [0.25, 0.3) is 0 Å². The lowest BCUT2D eigenvalue weighted by Gasteiger charge is -2.35. The van der Waals surface area contributed by atoms with Crippen LogP contribution in [0.5, 0.6) is 11.5 Å². The molecule has 1 saturated heterocycles. The standard InChI is InChI=1S/C23H32N4O.HI/c1-18(2)27-15-13-20(14-16-27)26-23(24-3)25-17-19-9-11-22(12-10-19)28-21-7-5-4-6-8-21;/h4-12,18,20H,13-17H2,1-3H3,(H2,24,25,26);1H. The number of hydrogen-bond acceptors (Lipinski definition) is 3. The zero-order valence-corrected chi connectivity index (χ0v) is 19.9. The Morgan fingerprint density at radius 3 is 2.24 bits per heavy atom. The van der Waals surface area contributed by atoms with Crippen molar-refractivity contribution in [3.05, 3.63) is 60.2 Å². The lowest BCUT2D eigenvalue weighted by molar-refractivity contribution is 0.167. The number of para-hydroxylation sites is 1. The highest BCUT2D eigenvalue weighted by Crippen LogP contribution is 2.21. The van der Waals surface area contributed by atoms with Gasteiger partial charge in [0.05, 0.1) is 0 Å². The van der Waals surface area contributed by atoms with Gasteiger partial charge in [-0.2, -0.15) is 0 Å². The van der Waals surface area contributed by atoms with Gasteiger partial charge in [0.1, 0.15) is 11.5 Å². The number of nitrogens with zero attached hydrogens (tertiary/aromatic N) is 2. The van der Waals surface area contributed by atoms with E-state index in [0.29, 0.717) is 12.1 Å². The number of likely N-dealkylation sites (tertiary alicyclic amines) is 1. The van der Waals surface area contributed by atoms with E-state index in [4.69, 9.17) is 4.74 Å². The molecule has 29 heavy (non-hydrogen) atoms. The third kappa shape index (κ3) is 7.51. The molecule has 1 aliphatic heterocycles. The van der Waals surface area contributed by atoms with Crippen LogP contribution < -0.4 is 15.4 Å². The fraction of sp³-hybridized carbons (Fsp3) is 0.435. The molecule has 0 bridgehead atoms. The number of halogens is 1. The van der Waals surface area contributed by atoms with E-state index >= 15 is 0 Å². The minimum absolute atomic E-state index is 0. The molecule has 1 fully saturated rings. The van der Waals surface area contributed by atoms with E-state index in [9.17, 15) is 0 Å². The van der Waals surface area contributed by atoms with Crippen LogP contribution in [-0.2, 0) is 6.54 Å². The van der Waals surface area contributed by atoms with E-state index in [-0.39, 0.29) is 24.0 Å². The summed E-state index contributed by atoms with van der Waals surface area (Å²) in [7, 11) is 1.83. The molecular weight excluding hydrogens is 475 g/mol. The lowest BCUT2D eigenvalue weighted by Crippen LogP contribution is -2.49. The van der Waals surface area contributed by atoms with Gasteiger partial charge in [-0.15, -0.1) is 24.0 Å². The maximum atomic E-state index is 5.85. The Labute approximate surface area is 192 Å². The predicted molar refractivity (Wildman–Crippen MR) is 131 cm³/mol. The normalized spacial score (nSPS) is 15.7. The van der Waals surface area contributed by atoms with Gasteiger partial charge in [0, 0.05) is 38.8 Å². The summed E-state index contributed by atoms with van der Waals surface area (Å²) in [6.07, 6.45) is 2.31. The summed E-state index contributed by atoms with van der Waals surface area (Å²) >= 11 is 0. The first-order chi connectivity index (χ1) is 13.6. The summed E-state index contributed by atoms with van der Waals surface area (Å²) in [4.78, 5) is 6.92. The Kier molecular flexibility index (Phi) is 9.73. The average Bonchev–Trinajstić information content (AvgIpc) is 2.73. The third-order valence-electron chi connectivity index (χ3n) is 5.19. The molecule has 1 aliphatic rings. The van der Waals surface area contributed by atoms with Crippen LogP contribution in [0.4, 0.5) is 0 Å². The highest BCUT2D eigenvalue weighted by molar-refractivity contribution is 14.0. The first-order valence-corrected chi connectivity index (χ1v) is 10.2. The molecule has 0 aromatic heterocycles. The first-order valence-electron chi connectivity index (χ1n) is 10.2. The molecule has 0 amide bonds. The molecule has 3 rings (SSSR count). The maximum Gasteiger partial charge on any atom is 0.191 e. The van der Waals surface area contributed by atoms with Crippen molar-refractivity contribution >= 4 is 29.9 Å². The number of hydrogen-bond donors (Lipinski definition) is 2. The van der Waals surface area contributed by atoms with Crippen LogP contribution in [0.3, 0.4) is 0 Å². The topological polar surface area (TPSA) is 48.9 Å². The molecule has 0 spiro atoms. The molecule has 0 unspecified atom stereocenters. The third-order valence-corrected chi connectivity index (χ3v) is 5.19. The summed E-state index contributed by atoms with van der Waals surface area (Å²) in [5.74, 6) is 2.56. The predicted octanol–water partition coefficient (Wildman–Crippen LogP) is 4.63. The van der Waals surface area contributed by atoms with Gasteiger partial charge in [-0.25, -0.2) is 0 Å². The van der Waals surface area contributed by atoms with E-state index in [2.05, 4.69) is 46.5 Å². The number of piperidine rings is 1. The quantitative estimate of drug-likeness (QED) is 0.339. The smallest absolute Gasteiger partial charge is 0.191 e. The zero-order chi connectivity index (χ0) is 19.8. The van der Waals surface area contributed by atoms with Gasteiger partial charge in [0.15, 0.2) is 5.96 Å². The molecule has 2 aromatic carbocycles. The second-order valence-corrected chi connectivity index (χ2v) is 7.53. The van der Waals surface area contributed by atoms with Crippen LogP contribution in [-0.4, -0.2) is 43.1 Å². The Bertz CT molecular complexity index is 741. The highest BCUT2D eigenvalue weighted by atomic mass is 127. The minimum Gasteiger partial charge on any atom is -0.457 e. The van der Waals surface area contributed by atoms with Crippen molar-refractivity contribution in [1.29, 1.82) is 0 Å². The summed E-state index contributed by atoms with van der Waals surface area (Å²) in [6.45, 7) is 7.56. The number of rotatable bonds is 6. The van der Waals surface area contributed by atoms with Gasteiger partial charge in [0.2, 0.25) is 0 Å². The second kappa shape index (κ2) is 12.0. The van der Waals surface area contributed by atoms with Crippen molar-refractivity contribution in [3.8, 4) is 11.5 Å². The summed E-state index contributed by atoms with van der Waals surface area (Å²) < 4.78 is 5.85. The summed E-state index contributed by atoms with van der Waals surface area (Å²) in [6, 6.07) is 19.1. The van der Waals surface area contributed by atoms with Crippen LogP contribution in [0, 0.1) is 0 Å². The first kappa shape index (κ1) is 23.5. The van der Waals surface area contributed by atoms with Crippen molar-refractivity contribution in [3.63, 3.8) is 0 Å². The minimum atomic E-state index is 0. The average molecular weight is 508 g/mol. The van der Waals surface area contributed by atoms with Crippen LogP contribution in [0.2, 0.25) is 0 Å². The molecule has 6 heteroatoms. The van der Waals surface area contributed by atoms with Gasteiger partial charge in [-0.3, -0.25) is 4.99 Å². The molecule has 1 heterocycles. The van der Waals surface area contributed by atoms with E-state index in [1.807, 2.05) is 49.5 Å². The van der Waals surface area contributed by atoms with E-state index in [0.717, 1.165) is 49.9 Å². The SMILES string of the molecule is CN=C(NCc1ccc(Oc2ccccc2)cc1)NC1CCN(C(C)C)CC1.I. The summed E-state index contributed by atoms with van der Waals surface area (Å²) in [5.41, 5.74) is 1.19. The Morgan fingerprint density at radius 2 is 1.66 bits per heavy atom. The van der Waals surface area contributed by atoms with Crippen molar-refractivity contribution in [2.24, 2.45) is 4.99 Å². The largest absolute Gasteiger partial charge is 0.457 e. The van der Waals surface area contributed by atoms with Gasteiger partial charge in [-0.1, -0.05) is 30.3 Å². The molecule has 0 aliphatic carbocycles. The fourth-order valence-electron chi connectivity index (χ4n) is 3.43. The number of aliphatic imine (C=N–C) groups is 1. The van der Waals surface area contributed by atoms with Crippen LogP contribution >= 0.6 is 24.0 Å².